The molecule has 0 saturated heterocycles. The van der Waals surface area contributed by atoms with Gasteiger partial charge in [0.25, 0.3) is 0 Å². The molecule has 2 heterocycles. The van der Waals surface area contributed by atoms with Crippen LogP contribution in [0.3, 0.4) is 0 Å². The van der Waals surface area contributed by atoms with Crippen molar-refractivity contribution >= 4 is 22.5 Å². The van der Waals surface area contributed by atoms with Gasteiger partial charge in [0, 0.05) is 23.5 Å². The lowest BCUT2D eigenvalue weighted by Crippen LogP contribution is -2.22. The zero-order valence-electron chi connectivity index (χ0n) is 15.2. The summed E-state index contributed by atoms with van der Waals surface area (Å²) < 4.78 is 0. The van der Waals surface area contributed by atoms with Crippen LogP contribution < -0.4 is 5.32 Å². The summed E-state index contributed by atoms with van der Waals surface area (Å²) in [5.41, 5.74) is 4.86. The first-order chi connectivity index (χ1) is 12.0. The molecule has 0 saturated carbocycles. The third-order valence-electron chi connectivity index (χ3n) is 4.72. The van der Waals surface area contributed by atoms with E-state index >= 15 is 0 Å². The van der Waals surface area contributed by atoms with Crippen molar-refractivity contribution in [3.05, 3.63) is 41.3 Å². The second-order valence-electron chi connectivity index (χ2n) is 6.25. The molecule has 0 aliphatic carbocycles. The van der Waals surface area contributed by atoms with Crippen LogP contribution in [0.2, 0.25) is 0 Å². The van der Waals surface area contributed by atoms with Gasteiger partial charge in [-0.1, -0.05) is 13.8 Å². The Morgan fingerprint density at radius 2 is 1.92 bits per heavy atom. The Labute approximate surface area is 147 Å². The van der Waals surface area contributed by atoms with Crippen LogP contribution in [0.25, 0.3) is 11.0 Å². The number of fused-ring (bicyclic) bond motifs is 1. The first-order valence-electron chi connectivity index (χ1n) is 8.64. The first kappa shape index (κ1) is 17.2. The zero-order valence-corrected chi connectivity index (χ0v) is 15.2. The molecule has 0 radical (unpaired) electrons. The second-order valence-corrected chi connectivity index (χ2v) is 6.25. The number of hydrogen-bond donors (Lipinski definition) is 3. The molecule has 3 N–H and O–H groups in total. The maximum atomic E-state index is 10.2. The number of anilines is 2. The van der Waals surface area contributed by atoms with Crippen molar-refractivity contribution in [1.82, 2.24) is 19.9 Å². The molecule has 0 aliphatic rings. The molecule has 0 bridgehead atoms. The molecule has 0 amide bonds. The largest absolute Gasteiger partial charge is 0.508 e. The molecule has 25 heavy (non-hydrogen) atoms. The summed E-state index contributed by atoms with van der Waals surface area (Å²) in [6.45, 7) is 10.9. The lowest BCUT2D eigenvalue weighted by Gasteiger charge is -2.19. The van der Waals surface area contributed by atoms with E-state index in [4.69, 9.17) is 0 Å². The maximum Gasteiger partial charge on any atom is 0.143 e. The van der Waals surface area contributed by atoms with Crippen molar-refractivity contribution < 1.29 is 5.11 Å². The number of benzene rings is 1. The highest BCUT2D eigenvalue weighted by Gasteiger charge is 2.13. The van der Waals surface area contributed by atoms with E-state index in [1.54, 1.807) is 12.4 Å². The molecular formula is C19H25N5O. The minimum atomic E-state index is 0.318. The van der Waals surface area contributed by atoms with Gasteiger partial charge in [-0.15, -0.1) is 0 Å². The quantitative estimate of drug-likeness (QED) is 0.594. The van der Waals surface area contributed by atoms with Crippen LogP contribution in [-0.2, 0) is 6.54 Å². The van der Waals surface area contributed by atoms with E-state index in [2.05, 4.69) is 45.9 Å². The highest BCUT2D eigenvalue weighted by Crippen LogP contribution is 2.29. The van der Waals surface area contributed by atoms with E-state index in [1.807, 2.05) is 19.1 Å². The van der Waals surface area contributed by atoms with Gasteiger partial charge < -0.3 is 15.4 Å². The van der Waals surface area contributed by atoms with Gasteiger partial charge in [-0.2, -0.15) is 0 Å². The standard InChI is InChI=1S/C19H25N5O/c1-5-24(6-2)10-14-9-15(7-8-16(14)25)23-19-17-12(3)13(4)22-18(17)20-11-21-19/h7-9,11,25H,5-6,10H2,1-4H3,(H2,20,21,22,23). The number of aromatic amines is 1. The summed E-state index contributed by atoms with van der Waals surface area (Å²) in [6, 6.07) is 5.58. The van der Waals surface area contributed by atoms with Gasteiger partial charge in [-0.3, -0.25) is 4.90 Å². The molecule has 0 aliphatic heterocycles. The third kappa shape index (κ3) is 3.44. The van der Waals surface area contributed by atoms with Crippen LogP contribution in [0.5, 0.6) is 5.75 Å². The van der Waals surface area contributed by atoms with E-state index in [0.717, 1.165) is 59.0 Å². The van der Waals surface area contributed by atoms with Crippen molar-refractivity contribution in [3.8, 4) is 5.75 Å². The van der Waals surface area contributed by atoms with Crippen molar-refractivity contribution in [2.24, 2.45) is 0 Å². The van der Waals surface area contributed by atoms with Crippen LogP contribution in [0.1, 0.15) is 30.7 Å². The molecule has 6 nitrogen and oxygen atoms in total. The van der Waals surface area contributed by atoms with Gasteiger partial charge in [-0.05, 0) is 50.7 Å². The number of aromatic nitrogens is 3. The van der Waals surface area contributed by atoms with E-state index in [0.29, 0.717) is 5.75 Å². The fraction of sp³-hybridized carbons (Fsp3) is 0.368. The first-order valence-corrected chi connectivity index (χ1v) is 8.64. The predicted molar refractivity (Wildman–Crippen MR) is 101 cm³/mol. The fourth-order valence-corrected chi connectivity index (χ4v) is 3.00. The summed E-state index contributed by atoms with van der Waals surface area (Å²) in [5, 5.41) is 14.6. The normalized spacial score (nSPS) is 11.4. The van der Waals surface area contributed by atoms with Crippen LogP contribution in [0.15, 0.2) is 24.5 Å². The van der Waals surface area contributed by atoms with Crippen LogP contribution in [-0.4, -0.2) is 38.0 Å². The topological polar surface area (TPSA) is 77.1 Å². The average Bonchev–Trinajstić information content (AvgIpc) is 2.90. The van der Waals surface area contributed by atoms with Gasteiger partial charge in [-0.25, -0.2) is 9.97 Å². The van der Waals surface area contributed by atoms with E-state index in [9.17, 15) is 5.11 Å². The summed E-state index contributed by atoms with van der Waals surface area (Å²) >= 11 is 0. The Balaban J connectivity index is 1.94. The third-order valence-corrected chi connectivity index (χ3v) is 4.72. The van der Waals surface area contributed by atoms with Crippen LogP contribution in [0, 0.1) is 13.8 Å². The van der Waals surface area contributed by atoms with Crippen LogP contribution >= 0.6 is 0 Å². The minimum absolute atomic E-state index is 0.318. The smallest absolute Gasteiger partial charge is 0.143 e. The summed E-state index contributed by atoms with van der Waals surface area (Å²) in [4.78, 5) is 14.3. The molecule has 0 fully saturated rings. The van der Waals surface area contributed by atoms with E-state index < -0.39 is 0 Å². The summed E-state index contributed by atoms with van der Waals surface area (Å²) in [5.74, 6) is 1.09. The van der Waals surface area contributed by atoms with Gasteiger partial charge >= 0.3 is 0 Å². The predicted octanol–water partition coefficient (Wildman–Crippen LogP) is 3.87. The number of phenolic OH excluding ortho intramolecular Hbond substituents is 1. The zero-order chi connectivity index (χ0) is 18.0. The van der Waals surface area contributed by atoms with Crippen LogP contribution in [0.4, 0.5) is 11.5 Å². The molecule has 2 aromatic heterocycles. The molecule has 0 unspecified atom stereocenters. The highest BCUT2D eigenvalue weighted by atomic mass is 16.3. The number of rotatable bonds is 6. The van der Waals surface area contributed by atoms with Crippen molar-refractivity contribution in [1.29, 1.82) is 0 Å². The van der Waals surface area contributed by atoms with Crippen molar-refractivity contribution in [2.75, 3.05) is 18.4 Å². The summed E-state index contributed by atoms with van der Waals surface area (Å²) in [6.07, 6.45) is 1.55. The van der Waals surface area contributed by atoms with E-state index in [-0.39, 0.29) is 0 Å². The molecule has 3 rings (SSSR count). The molecule has 0 atom stereocenters. The monoisotopic (exact) mass is 339 g/mol. The number of nitrogens with zero attached hydrogens (tertiary/aromatic N) is 3. The highest BCUT2D eigenvalue weighted by molar-refractivity contribution is 5.92. The van der Waals surface area contributed by atoms with Gasteiger partial charge in [0.05, 0.1) is 5.39 Å². The number of H-pyrrole nitrogens is 1. The Hall–Kier alpha value is -2.60. The minimum Gasteiger partial charge on any atom is -0.508 e. The van der Waals surface area contributed by atoms with Crippen molar-refractivity contribution in [3.63, 3.8) is 0 Å². The molecule has 0 spiro atoms. The van der Waals surface area contributed by atoms with Gasteiger partial charge in [0.1, 0.15) is 23.5 Å². The Morgan fingerprint density at radius 3 is 2.64 bits per heavy atom. The summed E-state index contributed by atoms with van der Waals surface area (Å²) in [7, 11) is 0. The Kier molecular flexibility index (Phi) is 4.90. The molecule has 1 aromatic carbocycles. The van der Waals surface area contributed by atoms with E-state index in [1.165, 1.54) is 0 Å². The van der Waals surface area contributed by atoms with Gasteiger partial charge in [0.15, 0.2) is 0 Å². The molecular weight excluding hydrogens is 314 g/mol. The Bertz CT molecular complexity index is 883. The number of phenols is 1. The fourth-order valence-electron chi connectivity index (χ4n) is 3.00. The molecule has 6 heteroatoms. The molecule has 3 aromatic rings. The number of aryl methyl sites for hydroxylation is 2. The molecule has 132 valence electrons. The van der Waals surface area contributed by atoms with Crippen molar-refractivity contribution in [2.45, 2.75) is 34.2 Å². The number of aromatic hydroxyl groups is 1. The lowest BCUT2D eigenvalue weighted by atomic mass is 10.1. The maximum absolute atomic E-state index is 10.2. The SMILES string of the molecule is CCN(CC)Cc1cc(Nc2ncnc3[nH]c(C)c(C)c23)ccc1O. The second kappa shape index (κ2) is 7.11. The van der Waals surface area contributed by atoms with Gasteiger partial charge in [0.2, 0.25) is 0 Å². The Morgan fingerprint density at radius 1 is 1.16 bits per heavy atom. The lowest BCUT2D eigenvalue weighted by molar-refractivity contribution is 0.291. The number of nitrogens with one attached hydrogen (secondary N) is 2. The number of hydrogen-bond acceptors (Lipinski definition) is 5. The average molecular weight is 339 g/mol.